The molecule has 1 heterocycles. The van der Waals surface area contributed by atoms with E-state index in [9.17, 15) is 18.0 Å². The highest BCUT2D eigenvalue weighted by Crippen LogP contribution is 2.34. The molecule has 1 N–H and O–H groups in total. The summed E-state index contributed by atoms with van der Waals surface area (Å²) in [6, 6.07) is 0. The number of likely N-dealkylation sites (tertiary alicyclic amines) is 1. The number of carboxylic acid groups (broad SMARTS) is 1. The van der Waals surface area contributed by atoms with Gasteiger partial charge in [0.1, 0.15) is 0 Å². The number of carboxylic acids is 1. The van der Waals surface area contributed by atoms with Crippen molar-refractivity contribution in [3.8, 4) is 0 Å². The maximum atomic E-state index is 12.6. The van der Waals surface area contributed by atoms with Crippen molar-refractivity contribution in [1.82, 2.24) is 4.90 Å². The van der Waals surface area contributed by atoms with Crippen LogP contribution in [0.4, 0.5) is 13.2 Å². The van der Waals surface area contributed by atoms with E-state index in [0.29, 0.717) is 13.0 Å². The minimum absolute atomic E-state index is 0.0831. The van der Waals surface area contributed by atoms with Gasteiger partial charge >= 0.3 is 12.1 Å². The summed E-state index contributed by atoms with van der Waals surface area (Å²) in [6.45, 7) is 3.69. The zero-order valence-electron chi connectivity index (χ0n) is 10.0. The fourth-order valence-corrected chi connectivity index (χ4v) is 2.09. The molecular weight excluding hydrogens is 235 g/mol. The van der Waals surface area contributed by atoms with Crippen LogP contribution < -0.4 is 0 Å². The summed E-state index contributed by atoms with van der Waals surface area (Å²) < 4.78 is 37.7. The fraction of sp³-hybridized carbons (Fsp3) is 0.909. The molecule has 0 bridgehead atoms. The Morgan fingerprint density at radius 2 is 2.00 bits per heavy atom. The standard InChI is InChI=1S/C11H18F3NO2/c1-10(2,9(16)17)7-15-5-3-4-8(6-15)11(12,13)14/h8H,3-7H2,1-2H3,(H,16,17). The first kappa shape index (κ1) is 14.3. The van der Waals surface area contributed by atoms with E-state index in [-0.39, 0.29) is 19.5 Å². The highest BCUT2D eigenvalue weighted by molar-refractivity contribution is 5.73. The zero-order valence-corrected chi connectivity index (χ0v) is 10.0. The molecule has 0 aromatic rings. The average Bonchev–Trinajstić information content (AvgIpc) is 2.15. The number of hydrogen-bond donors (Lipinski definition) is 1. The number of hydrogen-bond acceptors (Lipinski definition) is 2. The molecule has 0 aromatic carbocycles. The minimum atomic E-state index is -4.17. The lowest BCUT2D eigenvalue weighted by Gasteiger charge is -2.36. The molecule has 0 spiro atoms. The van der Waals surface area contributed by atoms with E-state index in [1.807, 2.05) is 0 Å². The molecule has 1 unspecified atom stereocenters. The van der Waals surface area contributed by atoms with E-state index in [1.54, 1.807) is 4.90 Å². The van der Waals surface area contributed by atoms with Crippen LogP contribution in [0, 0.1) is 11.3 Å². The van der Waals surface area contributed by atoms with Gasteiger partial charge in [-0.1, -0.05) is 0 Å². The van der Waals surface area contributed by atoms with Gasteiger partial charge in [-0.15, -0.1) is 0 Å². The van der Waals surface area contributed by atoms with Gasteiger partial charge in [0.2, 0.25) is 0 Å². The van der Waals surface area contributed by atoms with Gasteiger partial charge in [-0.2, -0.15) is 13.2 Å². The smallest absolute Gasteiger partial charge is 0.393 e. The third-order valence-electron chi connectivity index (χ3n) is 3.17. The second-order valence-corrected chi connectivity index (χ2v) is 5.30. The Hall–Kier alpha value is -0.780. The molecule has 0 aliphatic carbocycles. The molecular formula is C11H18F3NO2. The highest BCUT2D eigenvalue weighted by Gasteiger charge is 2.43. The zero-order chi connectivity index (χ0) is 13.3. The van der Waals surface area contributed by atoms with E-state index in [0.717, 1.165) is 0 Å². The first-order chi connectivity index (χ1) is 7.63. The van der Waals surface area contributed by atoms with Gasteiger partial charge < -0.3 is 10.0 Å². The van der Waals surface area contributed by atoms with Crippen molar-refractivity contribution in [3.63, 3.8) is 0 Å². The Morgan fingerprint density at radius 1 is 1.41 bits per heavy atom. The van der Waals surface area contributed by atoms with Crippen molar-refractivity contribution in [3.05, 3.63) is 0 Å². The van der Waals surface area contributed by atoms with E-state index in [1.165, 1.54) is 13.8 Å². The first-order valence-corrected chi connectivity index (χ1v) is 5.65. The number of carbonyl (C=O) groups is 1. The molecule has 6 heteroatoms. The molecule has 1 rings (SSSR count). The van der Waals surface area contributed by atoms with Crippen LogP contribution in [0.1, 0.15) is 26.7 Å². The predicted octanol–water partition coefficient (Wildman–Crippen LogP) is 2.37. The third-order valence-corrected chi connectivity index (χ3v) is 3.17. The summed E-state index contributed by atoms with van der Waals surface area (Å²) >= 11 is 0. The van der Waals surface area contributed by atoms with Crippen molar-refractivity contribution < 1.29 is 23.1 Å². The average molecular weight is 253 g/mol. The molecule has 0 saturated carbocycles. The van der Waals surface area contributed by atoms with Gasteiger partial charge in [0.15, 0.2) is 0 Å². The first-order valence-electron chi connectivity index (χ1n) is 5.65. The Labute approximate surface area is 98.6 Å². The van der Waals surface area contributed by atoms with E-state index in [4.69, 9.17) is 5.11 Å². The number of nitrogens with zero attached hydrogens (tertiary/aromatic N) is 1. The van der Waals surface area contributed by atoms with Crippen LogP contribution in [-0.4, -0.2) is 41.8 Å². The maximum absolute atomic E-state index is 12.6. The quantitative estimate of drug-likeness (QED) is 0.839. The van der Waals surface area contributed by atoms with Crippen LogP contribution in [0.2, 0.25) is 0 Å². The summed E-state index contributed by atoms with van der Waals surface area (Å²) in [5.74, 6) is -2.30. The van der Waals surface area contributed by atoms with Gasteiger partial charge in [0.25, 0.3) is 0 Å². The van der Waals surface area contributed by atoms with Crippen molar-refractivity contribution >= 4 is 5.97 Å². The summed E-state index contributed by atoms with van der Waals surface area (Å²) in [4.78, 5) is 12.5. The van der Waals surface area contributed by atoms with E-state index < -0.39 is 23.5 Å². The molecule has 1 atom stereocenters. The number of aliphatic carboxylic acids is 1. The van der Waals surface area contributed by atoms with Crippen LogP contribution in [-0.2, 0) is 4.79 Å². The number of rotatable bonds is 3. The molecule has 1 fully saturated rings. The van der Waals surface area contributed by atoms with Crippen LogP contribution in [0.3, 0.4) is 0 Å². The molecule has 100 valence electrons. The molecule has 3 nitrogen and oxygen atoms in total. The molecule has 1 aliphatic rings. The van der Waals surface area contributed by atoms with Crippen molar-refractivity contribution in [2.75, 3.05) is 19.6 Å². The maximum Gasteiger partial charge on any atom is 0.393 e. The molecule has 1 aliphatic heterocycles. The lowest BCUT2D eigenvalue weighted by molar-refractivity contribution is -0.188. The summed E-state index contributed by atoms with van der Waals surface area (Å²) in [7, 11) is 0. The molecule has 17 heavy (non-hydrogen) atoms. The van der Waals surface area contributed by atoms with Crippen LogP contribution >= 0.6 is 0 Å². The third kappa shape index (κ3) is 3.87. The van der Waals surface area contributed by atoms with Gasteiger partial charge in [-0.25, -0.2) is 0 Å². The highest BCUT2D eigenvalue weighted by atomic mass is 19.4. The number of alkyl halides is 3. The molecule has 1 saturated heterocycles. The Kier molecular flexibility index (Phi) is 4.06. The molecule has 0 aromatic heterocycles. The lowest BCUT2D eigenvalue weighted by Crippen LogP contribution is -2.47. The number of piperidine rings is 1. The molecule has 0 radical (unpaired) electrons. The van der Waals surface area contributed by atoms with Gasteiger partial charge in [-0.3, -0.25) is 4.79 Å². The topological polar surface area (TPSA) is 40.5 Å². The largest absolute Gasteiger partial charge is 0.481 e. The molecule has 0 amide bonds. The Morgan fingerprint density at radius 3 is 2.47 bits per heavy atom. The fourth-order valence-electron chi connectivity index (χ4n) is 2.09. The van der Waals surface area contributed by atoms with Crippen LogP contribution in [0.25, 0.3) is 0 Å². The minimum Gasteiger partial charge on any atom is -0.481 e. The Bertz CT molecular complexity index is 289. The SMILES string of the molecule is CC(C)(CN1CCCC(C(F)(F)F)C1)C(=O)O. The van der Waals surface area contributed by atoms with Crippen molar-refractivity contribution in [1.29, 1.82) is 0 Å². The Balaban J connectivity index is 2.59. The monoisotopic (exact) mass is 253 g/mol. The van der Waals surface area contributed by atoms with E-state index >= 15 is 0 Å². The van der Waals surface area contributed by atoms with Crippen molar-refractivity contribution in [2.24, 2.45) is 11.3 Å². The van der Waals surface area contributed by atoms with Crippen LogP contribution in [0.15, 0.2) is 0 Å². The predicted molar refractivity (Wildman–Crippen MR) is 56.6 cm³/mol. The van der Waals surface area contributed by atoms with Gasteiger partial charge in [0.05, 0.1) is 11.3 Å². The normalized spacial score (nSPS) is 23.7. The van der Waals surface area contributed by atoms with Crippen LogP contribution in [0.5, 0.6) is 0 Å². The van der Waals surface area contributed by atoms with E-state index in [2.05, 4.69) is 0 Å². The second-order valence-electron chi connectivity index (χ2n) is 5.30. The van der Waals surface area contributed by atoms with Gasteiger partial charge in [-0.05, 0) is 33.2 Å². The number of halogens is 3. The summed E-state index contributed by atoms with van der Waals surface area (Å²) in [6.07, 6.45) is -3.56. The lowest BCUT2D eigenvalue weighted by atomic mass is 9.90. The summed E-state index contributed by atoms with van der Waals surface area (Å²) in [5, 5.41) is 8.95. The second kappa shape index (κ2) is 4.84. The van der Waals surface area contributed by atoms with Crippen molar-refractivity contribution in [2.45, 2.75) is 32.9 Å². The van der Waals surface area contributed by atoms with Gasteiger partial charge in [0, 0.05) is 13.1 Å². The summed E-state index contributed by atoms with van der Waals surface area (Å²) in [5.41, 5.74) is -1.01.